The Morgan fingerprint density at radius 2 is 2.04 bits per heavy atom. The molecule has 1 aromatic rings. The summed E-state index contributed by atoms with van der Waals surface area (Å²) >= 11 is 0. The Morgan fingerprint density at radius 1 is 1.29 bits per heavy atom. The predicted octanol–water partition coefficient (Wildman–Crippen LogP) is 6.03. The van der Waals surface area contributed by atoms with Gasteiger partial charge in [-0.05, 0) is 87.1 Å². The van der Waals surface area contributed by atoms with Gasteiger partial charge in [-0.1, -0.05) is 26.0 Å². The average Bonchev–Trinajstić information content (AvgIpc) is 2.45. The highest BCUT2D eigenvalue weighted by molar-refractivity contribution is 5.67. The zero-order valence-electron chi connectivity index (χ0n) is 15.5. The van der Waals surface area contributed by atoms with Crippen molar-refractivity contribution in [3.8, 4) is 11.5 Å². The second-order valence-corrected chi connectivity index (χ2v) is 8.54. The molecule has 1 aliphatic heterocycles. The van der Waals surface area contributed by atoms with Crippen molar-refractivity contribution in [3.05, 3.63) is 41.5 Å². The van der Waals surface area contributed by atoms with E-state index in [1.165, 1.54) is 18.4 Å². The van der Waals surface area contributed by atoms with E-state index in [-0.39, 0.29) is 5.60 Å². The topological polar surface area (TPSA) is 29.5 Å². The van der Waals surface area contributed by atoms with Crippen molar-refractivity contribution < 1.29 is 9.84 Å². The maximum atomic E-state index is 10.1. The summed E-state index contributed by atoms with van der Waals surface area (Å²) in [6.07, 6.45) is 9.88. The van der Waals surface area contributed by atoms with E-state index >= 15 is 0 Å². The standard InChI is InChI=1S/C22H30O2/c1-15-13-19(23)17-8-11-22(5,24-20(17)14-15)12-9-18-16(2)7-6-10-21(18,3)4/h8,11,13-14,18,23H,2,6-7,9-10,12H2,1,3-5H3/t18-,22-/m1/s1. The Kier molecular flexibility index (Phi) is 4.27. The van der Waals surface area contributed by atoms with E-state index in [2.05, 4.69) is 33.4 Å². The van der Waals surface area contributed by atoms with Crippen molar-refractivity contribution in [1.82, 2.24) is 0 Å². The molecule has 1 fully saturated rings. The lowest BCUT2D eigenvalue weighted by Gasteiger charge is -2.42. The number of phenolic OH excluding ortho intramolecular Hbond substituents is 1. The first-order chi connectivity index (χ1) is 11.2. The molecule has 1 N–H and O–H groups in total. The molecular formula is C22H30O2. The number of hydrogen-bond donors (Lipinski definition) is 1. The zero-order chi connectivity index (χ0) is 17.5. The van der Waals surface area contributed by atoms with Gasteiger partial charge in [0.15, 0.2) is 0 Å². The SMILES string of the molecule is C=C1CCCC(C)(C)[C@@H]1CC[C@@]1(C)C=Cc2c(O)cc(C)cc2O1. The van der Waals surface area contributed by atoms with Gasteiger partial charge in [-0.25, -0.2) is 0 Å². The van der Waals surface area contributed by atoms with Crippen LogP contribution in [0.15, 0.2) is 30.4 Å². The Morgan fingerprint density at radius 3 is 2.75 bits per heavy atom. The van der Waals surface area contributed by atoms with Gasteiger partial charge in [0.05, 0.1) is 5.56 Å². The summed E-state index contributed by atoms with van der Waals surface area (Å²) < 4.78 is 6.30. The first kappa shape index (κ1) is 17.1. The highest BCUT2D eigenvalue weighted by Gasteiger charge is 2.37. The number of aryl methyl sites for hydroxylation is 1. The minimum Gasteiger partial charge on any atom is -0.507 e. The van der Waals surface area contributed by atoms with Crippen LogP contribution in [0.2, 0.25) is 0 Å². The molecule has 130 valence electrons. The molecule has 1 heterocycles. The van der Waals surface area contributed by atoms with Crippen LogP contribution < -0.4 is 4.74 Å². The minimum atomic E-state index is -0.318. The monoisotopic (exact) mass is 326 g/mol. The van der Waals surface area contributed by atoms with Crippen molar-refractivity contribution in [2.45, 2.75) is 65.4 Å². The van der Waals surface area contributed by atoms with Gasteiger partial charge in [-0.15, -0.1) is 0 Å². The van der Waals surface area contributed by atoms with Crippen molar-refractivity contribution in [2.75, 3.05) is 0 Å². The molecule has 1 saturated carbocycles. The van der Waals surface area contributed by atoms with Crippen molar-refractivity contribution >= 4 is 6.08 Å². The maximum Gasteiger partial charge on any atom is 0.131 e. The number of fused-ring (bicyclic) bond motifs is 1. The summed E-state index contributed by atoms with van der Waals surface area (Å²) in [5.74, 6) is 1.65. The molecule has 0 bridgehead atoms. The van der Waals surface area contributed by atoms with Gasteiger partial charge in [-0.2, -0.15) is 0 Å². The molecule has 1 aromatic carbocycles. The molecule has 2 atom stereocenters. The summed E-state index contributed by atoms with van der Waals surface area (Å²) in [6, 6.07) is 3.80. The molecule has 2 nitrogen and oxygen atoms in total. The van der Waals surface area contributed by atoms with E-state index in [0.717, 1.165) is 36.1 Å². The van der Waals surface area contributed by atoms with Gasteiger partial charge in [0, 0.05) is 0 Å². The number of phenols is 1. The van der Waals surface area contributed by atoms with Crippen LogP contribution in [0.5, 0.6) is 11.5 Å². The second kappa shape index (κ2) is 5.98. The van der Waals surface area contributed by atoms with Gasteiger partial charge >= 0.3 is 0 Å². The van der Waals surface area contributed by atoms with E-state index in [1.54, 1.807) is 6.07 Å². The van der Waals surface area contributed by atoms with Gasteiger partial charge in [0.2, 0.25) is 0 Å². The summed E-state index contributed by atoms with van der Waals surface area (Å²) in [7, 11) is 0. The zero-order valence-corrected chi connectivity index (χ0v) is 15.5. The largest absolute Gasteiger partial charge is 0.507 e. The molecule has 0 amide bonds. The third kappa shape index (κ3) is 3.24. The molecule has 2 heteroatoms. The average molecular weight is 326 g/mol. The first-order valence-electron chi connectivity index (χ1n) is 9.10. The molecule has 0 spiro atoms. The summed E-state index contributed by atoms with van der Waals surface area (Å²) in [5.41, 5.74) is 3.23. The number of aromatic hydroxyl groups is 1. The van der Waals surface area contributed by atoms with E-state index in [9.17, 15) is 5.11 Å². The van der Waals surface area contributed by atoms with Gasteiger partial charge < -0.3 is 9.84 Å². The summed E-state index contributed by atoms with van der Waals surface area (Å²) in [5, 5.41) is 10.1. The fraction of sp³-hybridized carbons (Fsp3) is 0.545. The van der Waals surface area contributed by atoms with E-state index in [0.29, 0.717) is 17.1 Å². The van der Waals surface area contributed by atoms with E-state index < -0.39 is 0 Å². The van der Waals surface area contributed by atoms with Crippen LogP contribution in [0.3, 0.4) is 0 Å². The molecule has 0 aromatic heterocycles. The van der Waals surface area contributed by atoms with Gasteiger partial charge in [0.1, 0.15) is 17.1 Å². The molecule has 0 saturated heterocycles. The van der Waals surface area contributed by atoms with Crippen LogP contribution in [-0.4, -0.2) is 10.7 Å². The third-order valence-electron chi connectivity index (χ3n) is 5.89. The molecule has 1 aliphatic carbocycles. The van der Waals surface area contributed by atoms with Crippen LogP contribution in [0, 0.1) is 18.3 Å². The Hall–Kier alpha value is -1.70. The number of rotatable bonds is 3. The number of ether oxygens (including phenoxy) is 1. The fourth-order valence-electron chi connectivity index (χ4n) is 4.37. The maximum absolute atomic E-state index is 10.1. The highest BCUT2D eigenvalue weighted by Crippen LogP contribution is 2.47. The van der Waals surface area contributed by atoms with Crippen molar-refractivity contribution in [3.63, 3.8) is 0 Å². The third-order valence-corrected chi connectivity index (χ3v) is 5.89. The van der Waals surface area contributed by atoms with E-state index in [4.69, 9.17) is 4.74 Å². The smallest absolute Gasteiger partial charge is 0.131 e. The van der Waals surface area contributed by atoms with Crippen LogP contribution in [0.4, 0.5) is 0 Å². The summed E-state index contributed by atoms with van der Waals surface area (Å²) in [4.78, 5) is 0. The molecule has 24 heavy (non-hydrogen) atoms. The van der Waals surface area contributed by atoms with Gasteiger partial charge in [0.25, 0.3) is 0 Å². The molecule has 0 radical (unpaired) electrons. The Balaban J connectivity index is 1.75. The Labute approximate surface area is 146 Å². The van der Waals surface area contributed by atoms with E-state index in [1.807, 2.05) is 19.1 Å². The van der Waals surface area contributed by atoms with Crippen molar-refractivity contribution in [1.29, 1.82) is 0 Å². The lowest BCUT2D eigenvalue weighted by atomic mass is 9.64. The number of hydrogen-bond acceptors (Lipinski definition) is 2. The predicted molar refractivity (Wildman–Crippen MR) is 100 cm³/mol. The highest BCUT2D eigenvalue weighted by atomic mass is 16.5. The van der Waals surface area contributed by atoms with Crippen LogP contribution in [0.1, 0.15) is 64.0 Å². The fourth-order valence-corrected chi connectivity index (χ4v) is 4.37. The lowest BCUT2D eigenvalue weighted by molar-refractivity contribution is 0.0986. The first-order valence-corrected chi connectivity index (χ1v) is 9.10. The number of benzene rings is 1. The normalized spacial score (nSPS) is 28.3. The number of allylic oxidation sites excluding steroid dienone is 1. The van der Waals surface area contributed by atoms with Crippen LogP contribution in [0.25, 0.3) is 6.08 Å². The molecule has 0 unspecified atom stereocenters. The molecule has 3 rings (SSSR count). The Bertz CT molecular complexity index is 683. The summed E-state index contributed by atoms with van der Waals surface area (Å²) in [6.45, 7) is 13.2. The van der Waals surface area contributed by atoms with Crippen LogP contribution >= 0.6 is 0 Å². The van der Waals surface area contributed by atoms with Crippen molar-refractivity contribution in [2.24, 2.45) is 11.3 Å². The second-order valence-electron chi connectivity index (χ2n) is 8.54. The van der Waals surface area contributed by atoms with Crippen LogP contribution in [-0.2, 0) is 0 Å². The quantitative estimate of drug-likeness (QED) is 0.687. The minimum absolute atomic E-state index is 0.296. The molecular weight excluding hydrogens is 296 g/mol. The molecule has 2 aliphatic rings. The lowest BCUT2D eigenvalue weighted by Crippen LogP contribution is -2.36. The van der Waals surface area contributed by atoms with Gasteiger partial charge in [-0.3, -0.25) is 0 Å².